The molecular weight excluding hydrogens is 398 g/mol. The van der Waals surface area contributed by atoms with Crippen LogP contribution in [0.15, 0.2) is 48.5 Å². The number of esters is 1. The minimum absolute atomic E-state index is 0.349. The summed E-state index contributed by atoms with van der Waals surface area (Å²) in [4.78, 5) is 49.4. The van der Waals surface area contributed by atoms with Gasteiger partial charge in [-0.15, -0.1) is 0 Å². The average Bonchev–Trinajstić information content (AvgIpc) is 2.94. The molecular formula is C23H25N3O5. The Kier molecular flexibility index (Phi) is 6.39. The maximum atomic E-state index is 12.8. The van der Waals surface area contributed by atoms with Gasteiger partial charge in [0.2, 0.25) is 0 Å². The van der Waals surface area contributed by atoms with E-state index in [1.165, 1.54) is 0 Å². The largest absolute Gasteiger partial charge is 0.452 e. The average molecular weight is 423 g/mol. The Balaban J connectivity index is 1.55. The van der Waals surface area contributed by atoms with Crippen molar-refractivity contribution < 1.29 is 23.9 Å². The topological polar surface area (TPSA) is 105 Å². The number of benzene rings is 2. The van der Waals surface area contributed by atoms with Gasteiger partial charge in [0.1, 0.15) is 5.54 Å². The van der Waals surface area contributed by atoms with Crippen molar-refractivity contribution in [2.75, 3.05) is 6.61 Å². The van der Waals surface area contributed by atoms with E-state index in [9.17, 15) is 19.2 Å². The van der Waals surface area contributed by atoms with E-state index < -0.39 is 36.0 Å². The fraction of sp³-hybridized carbons (Fsp3) is 0.304. The van der Waals surface area contributed by atoms with Crippen LogP contribution < -0.4 is 10.7 Å². The second kappa shape index (κ2) is 8.99. The third-order valence-corrected chi connectivity index (χ3v) is 5.19. The van der Waals surface area contributed by atoms with E-state index >= 15 is 0 Å². The summed E-state index contributed by atoms with van der Waals surface area (Å²) in [5.41, 5.74) is 4.19. The van der Waals surface area contributed by atoms with Crippen molar-refractivity contribution in [3.05, 3.63) is 70.8 Å². The molecule has 1 aliphatic heterocycles. The van der Waals surface area contributed by atoms with Crippen LogP contribution >= 0.6 is 0 Å². The van der Waals surface area contributed by atoms with Gasteiger partial charge in [0.25, 0.3) is 11.8 Å². The molecule has 0 saturated carbocycles. The van der Waals surface area contributed by atoms with Gasteiger partial charge >= 0.3 is 12.0 Å². The van der Waals surface area contributed by atoms with Crippen LogP contribution in [0.25, 0.3) is 0 Å². The number of ether oxygens (including phenoxy) is 1. The quantitative estimate of drug-likeness (QED) is 0.526. The molecule has 8 heteroatoms. The molecule has 31 heavy (non-hydrogen) atoms. The van der Waals surface area contributed by atoms with E-state index in [1.807, 2.05) is 43.3 Å². The standard InChI is InChI=1S/C23H25N3O5/c1-15-9-10-18(16(2)13-15)20(28)31-14-19(27)25-26-21(29)23(3,24-22(26)30)12-11-17-7-5-4-6-8-17/h4-10,13H,11-12,14H2,1-3H3,(H,24,30)(H,25,27)/t23-/m1/s1. The minimum atomic E-state index is -1.14. The molecule has 1 heterocycles. The molecule has 2 N–H and O–H groups in total. The fourth-order valence-corrected chi connectivity index (χ4v) is 3.40. The first-order chi connectivity index (χ1) is 14.7. The molecule has 0 aliphatic carbocycles. The number of imide groups is 1. The van der Waals surface area contributed by atoms with Gasteiger partial charge in [0.15, 0.2) is 6.61 Å². The SMILES string of the molecule is Cc1ccc(C(=O)OCC(=O)NN2C(=O)N[C@](C)(CCc3ccccc3)C2=O)c(C)c1. The maximum Gasteiger partial charge on any atom is 0.344 e. The smallest absolute Gasteiger partial charge is 0.344 e. The van der Waals surface area contributed by atoms with Gasteiger partial charge in [0.05, 0.1) is 5.56 Å². The summed E-state index contributed by atoms with van der Waals surface area (Å²) >= 11 is 0. The Morgan fingerprint density at radius 1 is 1.10 bits per heavy atom. The number of hydrogen-bond donors (Lipinski definition) is 2. The van der Waals surface area contributed by atoms with Crippen LogP contribution in [-0.2, 0) is 20.7 Å². The highest BCUT2D eigenvalue weighted by Crippen LogP contribution is 2.22. The van der Waals surface area contributed by atoms with E-state index in [0.717, 1.165) is 16.7 Å². The summed E-state index contributed by atoms with van der Waals surface area (Å²) in [6.07, 6.45) is 0.953. The predicted molar refractivity (Wildman–Crippen MR) is 113 cm³/mol. The number of nitrogens with one attached hydrogen (secondary N) is 2. The van der Waals surface area contributed by atoms with E-state index in [0.29, 0.717) is 23.4 Å². The Morgan fingerprint density at radius 2 is 1.81 bits per heavy atom. The predicted octanol–water partition coefficient (Wildman–Crippen LogP) is 2.43. The number of urea groups is 1. The Labute approximate surface area is 180 Å². The van der Waals surface area contributed by atoms with Crippen molar-refractivity contribution in [2.24, 2.45) is 0 Å². The molecule has 1 fully saturated rings. The zero-order valence-electron chi connectivity index (χ0n) is 17.7. The number of carbonyl (C=O) groups excluding carboxylic acids is 4. The Hall–Kier alpha value is -3.68. The normalized spacial score (nSPS) is 18.0. The molecule has 1 atom stereocenters. The highest BCUT2D eigenvalue weighted by atomic mass is 16.5. The molecule has 8 nitrogen and oxygen atoms in total. The summed E-state index contributed by atoms with van der Waals surface area (Å²) in [7, 11) is 0. The molecule has 4 amide bonds. The zero-order valence-corrected chi connectivity index (χ0v) is 17.7. The third kappa shape index (κ3) is 5.09. The highest BCUT2D eigenvalue weighted by Gasteiger charge is 2.48. The number of aryl methyl sites for hydroxylation is 3. The molecule has 0 spiro atoms. The van der Waals surface area contributed by atoms with Crippen molar-refractivity contribution in [1.29, 1.82) is 0 Å². The molecule has 1 saturated heterocycles. The maximum absolute atomic E-state index is 12.8. The van der Waals surface area contributed by atoms with Gasteiger partial charge in [-0.25, -0.2) is 9.59 Å². The van der Waals surface area contributed by atoms with Gasteiger partial charge in [-0.05, 0) is 50.8 Å². The van der Waals surface area contributed by atoms with Gasteiger partial charge in [0, 0.05) is 0 Å². The van der Waals surface area contributed by atoms with Crippen LogP contribution in [0.3, 0.4) is 0 Å². The number of nitrogens with zero attached hydrogens (tertiary/aromatic N) is 1. The van der Waals surface area contributed by atoms with Gasteiger partial charge in [-0.2, -0.15) is 5.01 Å². The van der Waals surface area contributed by atoms with E-state index in [-0.39, 0.29) is 0 Å². The van der Waals surface area contributed by atoms with Crippen LogP contribution in [-0.4, -0.2) is 41.0 Å². The van der Waals surface area contributed by atoms with Gasteiger partial charge in [-0.1, -0.05) is 48.0 Å². The monoisotopic (exact) mass is 423 g/mol. The van der Waals surface area contributed by atoms with E-state index in [2.05, 4.69) is 10.7 Å². The lowest BCUT2D eigenvalue weighted by molar-refractivity contribution is -0.140. The Bertz CT molecular complexity index is 1020. The second-order valence-corrected chi connectivity index (χ2v) is 7.82. The number of carbonyl (C=O) groups is 4. The lowest BCUT2D eigenvalue weighted by atomic mass is 9.93. The second-order valence-electron chi connectivity index (χ2n) is 7.82. The first kappa shape index (κ1) is 22.0. The van der Waals surface area contributed by atoms with Crippen molar-refractivity contribution in [2.45, 2.75) is 39.2 Å². The molecule has 3 rings (SSSR count). The van der Waals surface area contributed by atoms with Crippen LogP contribution in [0.4, 0.5) is 4.79 Å². The lowest BCUT2D eigenvalue weighted by Crippen LogP contribution is -2.50. The summed E-state index contributed by atoms with van der Waals surface area (Å²) in [6.45, 7) is 4.67. The van der Waals surface area contributed by atoms with Crippen molar-refractivity contribution in [3.63, 3.8) is 0 Å². The molecule has 1 aliphatic rings. The summed E-state index contributed by atoms with van der Waals surface area (Å²) in [6, 6.07) is 14.1. The molecule has 0 bridgehead atoms. The summed E-state index contributed by atoms with van der Waals surface area (Å²) < 4.78 is 5.03. The minimum Gasteiger partial charge on any atom is -0.452 e. The fourth-order valence-electron chi connectivity index (χ4n) is 3.40. The van der Waals surface area contributed by atoms with E-state index in [4.69, 9.17) is 4.74 Å². The van der Waals surface area contributed by atoms with Crippen LogP contribution in [0.1, 0.15) is 40.4 Å². The number of rotatable bonds is 7. The molecule has 162 valence electrons. The first-order valence-electron chi connectivity index (χ1n) is 9.94. The van der Waals surface area contributed by atoms with Crippen LogP contribution in [0.2, 0.25) is 0 Å². The molecule has 2 aromatic rings. The van der Waals surface area contributed by atoms with Crippen molar-refractivity contribution in [3.8, 4) is 0 Å². The van der Waals surface area contributed by atoms with Crippen molar-refractivity contribution in [1.82, 2.24) is 15.8 Å². The zero-order chi connectivity index (χ0) is 22.6. The Morgan fingerprint density at radius 3 is 2.48 bits per heavy atom. The molecule has 0 unspecified atom stereocenters. The number of hydrazine groups is 1. The molecule has 2 aromatic carbocycles. The summed E-state index contributed by atoms with van der Waals surface area (Å²) in [5, 5.41) is 3.26. The highest BCUT2D eigenvalue weighted by molar-refractivity contribution is 6.07. The molecule has 0 aromatic heterocycles. The van der Waals surface area contributed by atoms with Gasteiger partial charge in [-0.3, -0.25) is 15.0 Å². The number of hydrogen-bond acceptors (Lipinski definition) is 5. The third-order valence-electron chi connectivity index (χ3n) is 5.19. The van der Waals surface area contributed by atoms with Crippen LogP contribution in [0, 0.1) is 13.8 Å². The summed E-state index contributed by atoms with van der Waals surface area (Å²) in [5.74, 6) is -2.01. The van der Waals surface area contributed by atoms with Crippen molar-refractivity contribution >= 4 is 23.8 Å². The number of amides is 4. The van der Waals surface area contributed by atoms with Gasteiger partial charge < -0.3 is 10.1 Å². The van der Waals surface area contributed by atoms with Crippen LogP contribution in [0.5, 0.6) is 0 Å². The van der Waals surface area contributed by atoms with E-state index in [1.54, 1.807) is 26.0 Å². The molecule has 0 radical (unpaired) electrons. The lowest BCUT2D eigenvalue weighted by Gasteiger charge is -2.21. The first-order valence-corrected chi connectivity index (χ1v) is 9.94.